The molecule has 1 aliphatic rings. The zero-order chi connectivity index (χ0) is 17.8. The van der Waals surface area contributed by atoms with E-state index >= 15 is 0 Å². The molecule has 0 bridgehead atoms. The van der Waals surface area contributed by atoms with Crippen LogP contribution in [0.2, 0.25) is 5.15 Å². The van der Waals surface area contributed by atoms with E-state index in [0.29, 0.717) is 11.7 Å². The molecule has 0 atom stereocenters. The number of aromatic amines is 1. The molecule has 0 unspecified atom stereocenters. The highest BCUT2D eigenvalue weighted by atomic mass is 35.5. The molecule has 0 amide bonds. The van der Waals surface area contributed by atoms with Crippen LogP contribution in [0, 0.1) is 0 Å². The highest BCUT2D eigenvalue weighted by Gasteiger charge is 2.22. The van der Waals surface area contributed by atoms with Gasteiger partial charge in [0.25, 0.3) is 5.56 Å². The monoisotopic (exact) mass is 356 g/mol. The largest absolute Gasteiger partial charge is 0.298 e. The molecule has 6 heteroatoms. The lowest BCUT2D eigenvalue weighted by Crippen LogP contribution is -2.31. The van der Waals surface area contributed by atoms with E-state index in [4.69, 9.17) is 11.6 Å². The molecular weight excluding hydrogens is 336 g/mol. The third kappa shape index (κ3) is 4.00. The van der Waals surface area contributed by atoms with Crippen molar-refractivity contribution in [3.05, 3.63) is 87.6 Å². The first-order valence-electron chi connectivity index (χ1n) is 8.18. The molecule has 5 nitrogen and oxygen atoms in total. The number of nitrogens with one attached hydrogen (secondary N) is 1. The third-order valence-electron chi connectivity index (χ3n) is 4.33. The molecule has 0 radical (unpaired) electrons. The molecule has 0 aliphatic carbocycles. The second-order valence-electron chi connectivity index (χ2n) is 6.09. The second-order valence-corrected chi connectivity index (χ2v) is 6.48. The van der Waals surface area contributed by atoms with Crippen LogP contribution in [0.3, 0.4) is 0 Å². The van der Waals surface area contributed by atoms with Crippen LogP contribution in [0.4, 0.5) is 0 Å². The van der Waals surface area contributed by atoms with Crippen molar-refractivity contribution in [3.63, 3.8) is 0 Å². The van der Waals surface area contributed by atoms with E-state index in [-0.39, 0.29) is 5.56 Å². The highest BCUT2D eigenvalue weighted by Crippen LogP contribution is 2.17. The molecule has 2 aromatic heterocycles. The Balaban J connectivity index is 1.75. The molecule has 0 spiro atoms. The lowest BCUT2D eigenvalue weighted by atomic mass is 10.1. The van der Waals surface area contributed by atoms with Gasteiger partial charge < -0.3 is 0 Å². The van der Waals surface area contributed by atoms with E-state index in [1.54, 1.807) is 29.1 Å². The zero-order valence-electron chi connectivity index (χ0n) is 14.0. The Morgan fingerprint density at radius 1 is 1.40 bits per heavy atom. The summed E-state index contributed by atoms with van der Waals surface area (Å²) in [4.78, 5) is 19.0. The fraction of sp³-hybridized carbons (Fsp3) is 0.263. The van der Waals surface area contributed by atoms with E-state index in [0.717, 1.165) is 48.4 Å². The van der Waals surface area contributed by atoms with Crippen LogP contribution in [0.25, 0.3) is 0 Å². The SMILES string of the molecule is C=C/C=C(\C=C)Cn1[nH]c2c(c1=O)CCN(Cc1ccc(Cl)nc1)C2. The summed E-state index contributed by atoms with van der Waals surface area (Å²) < 4.78 is 1.65. The van der Waals surface area contributed by atoms with Gasteiger partial charge in [0.15, 0.2) is 0 Å². The molecular formula is C19H21ClN4O. The maximum atomic E-state index is 12.6. The van der Waals surface area contributed by atoms with Crippen molar-refractivity contribution in [1.82, 2.24) is 19.7 Å². The number of rotatable bonds is 6. The standard InChI is InChI=1S/C19H21ClN4O/c1-3-5-14(4-2)12-24-19(25)16-8-9-23(13-17(16)22-24)11-15-6-7-18(20)21-10-15/h3-7,10,22H,1-2,8-9,11-13H2/b14-5+. The van der Waals surface area contributed by atoms with Gasteiger partial charge in [-0.1, -0.05) is 49.1 Å². The van der Waals surface area contributed by atoms with Crippen LogP contribution in [-0.4, -0.2) is 26.2 Å². The Morgan fingerprint density at radius 3 is 2.92 bits per heavy atom. The predicted molar refractivity (Wildman–Crippen MR) is 101 cm³/mol. The molecule has 1 N–H and O–H groups in total. The normalized spacial score (nSPS) is 15.0. The van der Waals surface area contributed by atoms with Crippen molar-refractivity contribution >= 4 is 11.6 Å². The van der Waals surface area contributed by atoms with Crippen LogP contribution in [0.15, 0.2) is 60.1 Å². The van der Waals surface area contributed by atoms with Gasteiger partial charge in [0.2, 0.25) is 0 Å². The van der Waals surface area contributed by atoms with E-state index in [2.05, 4.69) is 28.1 Å². The number of allylic oxidation sites excluding steroid dienone is 4. The van der Waals surface area contributed by atoms with Gasteiger partial charge in [0.05, 0.1) is 12.2 Å². The third-order valence-corrected chi connectivity index (χ3v) is 4.55. The Morgan fingerprint density at radius 2 is 2.24 bits per heavy atom. The van der Waals surface area contributed by atoms with Gasteiger partial charge in [0, 0.05) is 31.4 Å². The Labute approximate surface area is 151 Å². The van der Waals surface area contributed by atoms with Gasteiger partial charge in [0.1, 0.15) is 5.15 Å². The van der Waals surface area contributed by atoms with E-state index in [1.165, 1.54) is 0 Å². The highest BCUT2D eigenvalue weighted by molar-refractivity contribution is 6.29. The molecule has 0 saturated heterocycles. The van der Waals surface area contributed by atoms with Crippen molar-refractivity contribution in [1.29, 1.82) is 0 Å². The molecule has 1 aliphatic heterocycles. The summed E-state index contributed by atoms with van der Waals surface area (Å²) in [6, 6.07) is 3.78. The number of hydrogen-bond donors (Lipinski definition) is 1. The van der Waals surface area contributed by atoms with Gasteiger partial charge in [-0.25, -0.2) is 9.67 Å². The van der Waals surface area contributed by atoms with Crippen LogP contribution in [0.5, 0.6) is 0 Å². The summed E-state index contributed by atoms with van der Waals surface area (Å²) in [7, 11) is 0. The number of H-pyrrole nitrogens is 1. The van der Waals surface area contributed by atoms with Crippen LogP contribution in [-0.2, 0) is 26.1 Å². The summed E-state index contributed by atoms with van der Waals surface area (Å²) in [6.45, 7) is 10.3. The average molecular weight is 357 g/mol. The van der Waals surface area contributed by atoms with E-state index in [1.807, 2.05) is 12.1 Å². The van der Waals surface area contributed by atoms with Gasteiger partial charge in [-0.05, 0) is 23.6 Å². The molecule has 0 aromatic carbocycles. The predicted octanol–water partition coefficient (Wildman–Crippen LogP) is 3.08. The van der Waals surface area contributed by atoms with Gasteiger partial charge in [-0.15, -0.1) is 0 Å². The summed E-state index contributed by atoms with van der Waals surface area (Å²) in [5, 5.41) is 3.75. The first-order chi connectivity index (χ1) is 12.1. The topological polar surface area (TPSA) is 53.9 Å². The number of nitrogens with zero attached hydrogens (tertiary/aromatic N) is 3. The van der Waals surface area contributed by atoms with Crippen molar-refractivity contribution in [2.45, 2.75) is 26.1 Å². The molecule has 0 fully saturated rings. The van der Waals surface area contributed by atoms with E-state index < -0.39 is 0 Å². The second kappa shape index (κ2) is 7.68. The summed E-state index contributed by atoms with van der Waals surface area (Å²) in [5.74, 6) is 0. The van der Waals surface area contributed by atoms with Crippen molar-refractivity contribution in [2.75, 3.05) is 6.54 Å². The first-order valence-corrected chi connectivity index (χ1v) is 8.56. The maximum Gasteiger partial charge on any atom is 0.270 e. The van der Waals surface area contributed by atoms with Gasteiger partial charge in [-0.3, -0.25) is 14.8 Å². The average Bonchev–Trinajstić information content (AvgIpc) is 2.92. The number of pyridine rings is 1. The number of fused-ring (bicyclic) bond motifs is 1. The molecule has 130 valence electrons. The van der Waals surface area contributed by atoms with Crippen molar-refractivity contribution in [3.8, 4) is 0 Å². The smallest absolute Gasteiger partial charge is 0.270 e. The maximum absolute atomic E-state index is 12.6. The molecule has 3 heterocycles. The Kier molecular flexibility index (Phi) is 5.36. The quantitative estimate of drug-likeness (QED) is 0.639. The minimum absolute atomic E-state index is 0.0552. The lowest BCUT2D eigenvalue weighted by Gasteiger charge is -2.25. The van der Waals surface area contributed by atoms with Crippen molar-refractivity contribution < 1.29 is 0 Å². The zero-order valence-corrected chi connectivity index (χ0v) is 14.8. The van der Waals surface area contributed by atoms with Gasteiger partial charge in [-0.2, -0.15) is 0 Å². The molecule has 3 rings (SSSR count). The number of halogens is 1. The van der Waals surface area contributed by atoms with Crippen LogP contribution < -0.4 is 5.56 Å². The van der Waals surface area contributed by atoms with E-state index in [9.17, 15) is 4.79 Å². The summed E-state index contributed by atoms with van der Waals surface area (Å²) in [5.41, 5.74) is 3.98. The van der Waals surface area contributed by atoms with Crippen LogP contribution >= 0.6 is 11.6 Å². The fourth-order valence-corrected chi connectivity index (χ4v) is 3.17. The van der Waals surface area contributed by atoms with Crippen molar-refractivity contribution in [2.24, 2.45) is 0 Å². The van der Waals surface area contributed by atoms with Crippen LogP contribution in [0.1, 0.15) is 16.8 Å². The molecule has 2 aromatic rings. The summed E-state index contributed by atoms with van der Waals surface area (Å²) in [6.07, 6.45) is 7.84. The molecule has 0 saturated carbocycles. The Bertz CT molecular complexity index is 861. The van der Waals surface area contributed by atoms with Gasteiger partial charge >= 0.3 is 0 Å². The minimum Gasteiger partial charge on any atom is -0.298 e. The first kappa shape index (κ1) is 17.5. The lowest BCUT2D eigenvalue weighted by molar-refractivity contribution is 0.241. The number of hydrogen-bond acceptors (Lipinski definition) is 3. The Hall–Kier alpha value is -2.37. The minimum atomic E-state index is 0.0552. The summed E-state index contributed by atoms with van der Waals surface area (Å²) >= 11 is 5.83. The fourth-order valence-electron chi connectivity index (χ4n) is 3.06. The molecule has 25 heavy (non-hydrogen) atoms. The number of aromatic nitrogens is 3.